The lowest BCUT2D eigenvalue weighted by Crippen LogP contribution is -2.21. The van der Waals surface area contributed by atoms with Crippen molar-refractivity contribution < 1.29 is 27.5 Å². The third kappa shape index (κ3) is 6.02. The van der Waals surface area contributed by atoms with Gasteiger partial charge in [0.1, 0.15) is 5.75 Å². The molecule has 2 unspecified atom stereocenters. The molecule has 23 heavy (non-hydrogen) atoms. The van der Waals surface area contributed by atoms with E-state index in [1.807, 2.05) is 0 Å². The number of hydrogen-bond donors (Lipinski definition) is 1. The van der Waals surface area contributed by atoms with Crippen LogP contribution >= 0.6 is 35.3 Å². The van der Waals surface area contributed by atoms with E-state index in [1.54, 1.807) is 23.9 Å². The Morgan fingerprint density at radius 1 is 1.48 bits per heavy atom. The molecule has 2 rings (SSSR count). The van der Waals surface area contributed by atoms with Gasteiger partial charge in [0.05, 0.1) is 10.6 Å². The molecular weight excluding hydrogens is 413 g/mol. The van der Waals surface area contributed by atoms with Crippen LogP contribution in [0, 0.1) is 0 Å². The minimum Gasteiger partial charge on any atom is -0.420 e. The topological polar surface area (TPSA) is 55.8 Å². The number of ether oxygens (including phenoxy) is 1. The molecule has 1 saturated heterocycles. The van der Waals surface area contributed by atoms with E-state index in [9.17, 15) is 13.3 Å². The molecule has 0 aliphatic carbocycles. The summed E-state index contributed by atoms with van der Waals surface area (Å²) in [4.78, 5) is 9.07. The second-order valence-corrected chi connectivity index (χ2v) is 8.79. The van der Waals surface area contributed by atoms with Crippen molar-refractivity contribution in [3.05, 3.63) is 28.2 Å². The Morgan fingerprint density at radius 3 is 2.87 bits per heavy atom. The normalized spacial score (nSPS) is 21.2. The lowest BCUT2D eigenvalue weighted by Gasteiger charge is -2.22. The first kappa shape index (κ1) is 19.2. The van der Waals surface area contributed by atoms with E-state index in [0.717, 1.165) is 36.5 Å². The quantitative estimate of drug-likeness (QED) is 0.614. The fourth-order valence-corrected chi connectivity index (χ4v) is 4.35. The summed E-state index contributed by atoms with van der Waals surface area (Å²) in [6.45, 7) is 0.828. The molecule has 0 saturated carbocycles. The molecule has 2 atom stereocenters. The molecule has 1 aromatic rings. The summed E-state index contributed by atoms with van der Waals surface area (Å²) in [6.07, 6.45) is 0.284. The molecule has 0 aromatic heterocycles. The van der Waals surface area contributed by atoms with Gasteiger partial charge in [-0.2, -0.15) is 20.5 Å². The second kappa shape index (κ2) is 8.81. The Kier molecular flexibility index (Phi) is 7.35. The molecule has 0 radical (unpaired) electrons. The van der Waals surface area contributed by atoms with E-state index in [0.29, 0.717) is 10.6 Å². The molecule has 0 bridgehead atoms. The summed E-state index contributed by atoms with van der Waals surface area (Å²) in [5.74, 6) is 1.58. The Labute approximate surface area is 146 Å². The predicted octanol–water partition coefficient (Wildman–Crippen LogP) is 5.04. The van der Waals surface area contributed by atoms with Gasteiger partial charge in [-0.05, 0) is 52.9 Å². The zero-order valence-electron chi connectivity index (χ0n) is 12.3. The Hall–Kier alpha value is -0.140. The van der Waals surface area contributed by atoms with Crippen LogP contribution in [0.25, 0.3) is 0 Å². The van der Waals surface area contributed by atoms with Crippen molar-refractivity contribution in [2.45, 2.75) is 37.3 Å². The van der Waals surface area contributed by atoms with E-state index >= 15 is 0 Å². The molecule has 4 nitrogen and oxygen atoms in total. The predicted molar refractivity (Wildman–Crippen MR) is 90.4 cm³/mol. The van der Waals surface area contributed by atoms with Crippen LogP contribution in [0.4, 0.5) is 8.78 Å². The van der Waals surface area contributed by atoms with Crippen molar-refractivity contribution in [3.63, 3.8) is 0 Å². The van der Waals surface area contributed by atoms with Crippen molar-refractivity contribution in [3.8, 4) is 5.75 Å². The maximum absolute atomic E-state index is 12.4. The van der Waals surface area contributed by atoms with Crippen molar-refractivity contribution in [1.82, 2.24) is 0 Å². The highest BCUT2D eigenvalue weighted by Gasteiger charge is 2.34. The standard InChI is InChI=1S/C14H18BrF2O4PS/c15-12-7-10(8-23-9-11-3-1-2-6-20-11)4-5-13(12)21-22(18,19)14(16)17/h4-5,7,11,14H,1-3,6,8-9H2,(H,18,19). The average molecular weight is 431 g/mol. The SMILES string of the molecule is O=P(O)(Oc1ccc(CSCC2CCCCO2)cc1Br)C(F)F. The van der Waals surface area contributed by atoms with E-state index in [1.165, 1.54) is 12.5 Å². The highest BCUT2D eigenvalue weighted by Crippen LogP contribution is 2.50. The van der Waals surface area contributed by atoms with Crippen molar-refractivity contribution >= 4 is 35.3 Å². The van der Waals surface area contributed by atoms with Crippen LogP contribution in [0.3, 0.4) is 0 Å². The fraction of sp³-hybridized carbons (Fsp3) is 0.571. The monoisotopic (exact) mass is 430 g/mol. The van der Waals surface area contributed by atoms with Crippen molar-refractivity contribution in [2.24, 2.45) is 0 Å². The Bertz CT molecular complexity index is 570. The van der Waals surface area contributed by atoms with Gasteiger partial charge >= 0.3 is 13.8 Å². The number of halogens is 3. The van der Waals surface area contributed by atoms with Gasteiger partial charge in [0.15, 0.2) is 0 Å². The number of benzene rings is 1. The summed E-state index contributed by atoms with van der Waals surface area (Å²) in [5.41, 5.74) is 0.967. The van der Waals surface area contributed by atoms with Gasteiger partial charge in [-0.1, -0.05) is 6.07 Å². The molecule has 130 valence electrons. The number of alkyl halides is 2. The lowest BCUT2D eigenvalue weighted by atomic mass is 10.1. The van der Waals surface area contributed by atoms with E-state index in [-0.39, 0.29) is 5.75 Å². The highest BCUT2D eigenvalue weighted by atomic mass is 79.9. The first-order valence-electron chi connectivity index (χ1n) is 7.16. The van der Waals surface area contributed by atoms with Crippen LogP contribution < -0.4 is 4.52 Å². The van der Waals surface area contributed by atoms with Crippen LogP contribution in [0.1, 0.15) is 24.8 Å². The molecule has 1 heterocycles. The van der Waals surface area contributed by atoms with E-state index in [4.69, 9.17) is 9.63 Å². The molecule has 9 heteroatoms. The van der Waals surface area contributed by atoms with Crippen molar-refractivity contribution in [1.29, 1.82) is 0 Å². The van der Waals surface area contributed by atoms with Gasteiger partial charge < -0.3 is 14.2 Å². The van der Waals surface area contributed by atoms with Crippen LogP contribution in [0.15, 0.2) is 22.7 Å². The van der Waals surface area contributed by atoms with Gasteiger partial charge in [-0.15, -0.1) is 0 Å². The van der Waals surface area contributed by atoms with Crippen LogP contribution in [-0.4, -0.2) is 29.5 Å². The van der Waals surface area contributed by atoms with Crippen LogP contribution in [-0.2, 0) is 15.1 Å². The summed E-state index contributed by atoms with van der Waals surface area (Å²) >= 11 is 4.92. The number of hydrogen-bond acceptors (Lipinski definition) is 4. The summed E-state index contributed by atoms with van der Waals surface area (Å²) in [5, 5.41) is 0. The molecule has 1 aliphatic heterocycles. The number of thioether (sulfide) groups is 1. The largest absolute Gasteiger partial charge is 0.442 e. The molecule has 1 N–H and O–H groups in total. The molecule has 1 aliphatic rings. The third-order valence-electron chi connectivity index (χ3n) is 3.32. The van der Waals surface area contributed by atoms with Crippen LogP contribution in [0.2, 0.25) is 0 Å². The zero-order chi connectivity index (χ0) is 16.9. The fourth-order valence-electron chi connectivity index (χ4n) is 2.14. The maximum atomic E-state index is 12.4. The maximum Gasteiger partial charge on any atom is 0.442 e. The lowest BCUT2D eigenvalue weighted by molar-refractivity contribution is 0.0315. The molecule has 1 fully saturated rings. The van der Waals surface area contributed by atoms with Crippen molar-refractivity contribution in [2.75, 3.05) is 12.4 Å². The molecule has 0 spiro atoms. The molecule has 1 aromatic carbocycles. The van der Waals surface area contributed by atoms with Gasteiger partial charge in [-0.3, -0.25) is 0 Å². The minimum atomic E-state index is -4.95. The Morgan fingerprint density at radius 2 is 2.26 bits per heavy atom. The van der Waals surface area contributed by atoms with Gasteiger partial charge in [0, 0.05) is 18.1 Å². The van der Waals surface area contributed by atoms with Crippen LogP contribution in [0.5, 0.6) is 5.75 Å². The van der Waals surface area contributed by atoms with E-state index < -0.39 is 13.8 Å². The third-order valence-corrected chi connectivity index (χ3v) is 6.03. The minimum absolute atomic E-state index is 0.0690. The number of rotatable bonds is 7. The zero-order valence-corrected chi connectivity index (χ0v) is 15.6. The van der Waals surface area contributed by atoms with Gasteiger partial charge in [0.2, 0.25) is 0 Å². The summed E-state index contributed by atoms with van der Waals surface area (Å²) in [7, 11) is -4.95. The Balaban J connectivity index is 1.87. The first-order valence-corrected chi connectivity index (χ1v) is 10.8. The smallest absolute Gasteiger partial charge is 0.420 e. The van der Waals surface area contributed by atoms with E-state index in [2.05, 4.69) is 20.5 Å². The first-order chi connectivity index (χ1) is 10.9. The van der Waals surface area contributed by atoms with Gasteiger partial charge in [-0.25, -0.2) is 4.57 Å². The highest BCUT2D eigenvalue weighted by molar-refractivity contribution is 9.10. The molecular formula is C14H18BrF2O4PS. The van der Waals surface area contributed by atoms with Gasteiger partial charge in [0.25, 0.3) is 0 Å². The average Bonchev–Trinajstić information content (AvgIpc) is 2.51. The molecule has 0 amide bonds. The second-order valence-electron chi connectivity index (χ2n) is 5.20. The summed E-state index contributed by atoms with van der Waals surface area (Å²) in [6, 6.07) is 4.82. The summed E-state index contributed by atoms with van der Waals surface area (Å²) < 4.78 is 46.5.